The van der Waals surface area contributed by atoms with E-state index in [1.165, 1.54) is 4.90 Å². The van der Waals surface area contributed by atoms with Crippen molar-refractivity contribution in [3.8, 4) is 0 Å². The summed E-state index contributed by atoms with van der Waals surface area (Å²) in [6, 6.07) is -0.116. The number of urea groups is 1. The maximum Gasteiger partial charge on any atom is 0.329 e. The molecule has 0 aromatic heterocycles. The topological polar surface area (TPSA) is 70.1 Å². The van der Waals surface area contributed by atoms with Crippen LogP contribution < -0.4 is 0 Å². The van der Waals surface area contributed by atoms with Crippen LogP contribution in [0.1, 0.15) is 39.5 Å². The molecule has 0 bridgehead atoms. The van der Waals surface area contributed by atoms with E-state index in [0.29, 0.717) is 13.2 Å². The van der Waals surface area contributed by atoms with Crippen LogP contribution in [0.3, 0.4) is 0 Å². The van der Waals surface area contributed by atoms with Crippen LogP contribution in [0.15, 0.2) is 0 Å². The van der Waals surface area contributed by atoms with Crippen LogP contribution in [-0.4, -0.2) is 64.8 Å². The zero-order chi connectivity index (χ0) is 14.9. The maximum absolute atomic E-state index is 12.6. The van der Waals surface area contributed by atoms with Gasteiger partial charge in [-0.3, -0.25) is 0 Å². The zero-order valence-electron chi connectivity index (χ0n) is 12.5. The first-order valence-electron chi connectivity index (χ1n) is 7.25. The van der Waals surface area contributed by atoms with Crippen molar-refractivity contribution in [3.63, 3.8) is 0 Å². The molecule has 2 aliphatic rings. The van der Waals surface area contributed by atoms with Gasteiger partial charge in [0, 0.05) is 13.6 Å². The molecule has 2 rings (SSSR count). The fourth-order valence-corrected chi connectivity index (χ4v) is 2.91. The molecule has 1 saturated heterocycles. The number of fused-ring (bicyclic) bond motifs is 1. The van der Waals surface area contributed by atoms with Gasteiger partial charge in [0.15, 0.2) is 0 Å². The molecule has 2 unspecified atom stereocenters. The fraction of sp³-hybridized carbons (Fsp3) is 0.857. The lowest BCUT2D eigenvalue weighted by Gasteiger charge is -2.46. The van der Waals surface area contributed by atoms with Crippen molar-refractivity contribution in [1.82, 2.24) is 9.80 Å². The molecule has 0 aromatic rings. The van der Waals surface area contributed by atoms with Crippen molar-refractivity contribution < 1.29 is 19.4 Å². The number of likely N-dealkylation sites (N-methyl/N-ethyl adjacent to an activating group) is 1. The van der Waals surface area contributed by atoms with Gasteiger partial charge in [0.2, 0.25) is 0 Å². The number of carbonyl (C=O) groups is 2. The Hall–Kier alpha value is -1.30. The molecular weight excluding hydrogens is 260 g/mol. The summed E-state index contributed by atoms with van der Waals surface area (Å²) in [6.45, 7) is 4.17. The summed E-state index contributed by atoms with van der Waals surface area (Å²) < 4.78 is 5.75. The molecule has 0 aromatic carbocycles. The molecule has 1 N–H and O–H groups in total. The van der Waals surface area contributed by atoms with Crippen molar-refractivity contribution in [2.24, 2.45) is 0 Å². The first-order chi connectivity index (χ1) is 9.35. The number of hydrogen-bond donors (Lipinski definition) is 1. The Balaban J connectivity index is 2.13. The Labute approximate surface area is 119 Å². The summed E-state index contributed by atoms with van der Waals surface area (Å²) in [7, 11) is 1.56. The lowest BCUT2D eigenvalue weighted by Crippen LogP contribution is -2.61. The number of hydrogen-bond acceptors (Lipinski definition) is 3. The van der Waals surface area contributed by atoms with E-state index in [1.807, 2.05) is 0 Å². The molecule has 1 aliphatic carbocycles. The number of ether oxygens (including phenoxy) is 1. The van der Waals surface area contributed by atoms with Crippen molar-refractivity contribution in [2.45, 2.75) is 57.2 Å². The molecule has 1 aliphatic heterocycles. The van der Waals surface area contributed by atoms with Gasteiger partial charge in [-0.1, -0.05) is 12.8 Å². The zero-order valence-corrected chi connectivity index (χ0v) is 12.5. The second-order valence-corrected chi connectivity index (χ2v) is 6.16. The van der Waals surface area contributed by atoms with Crippen LogP contribution in [0.4, 0.5) is 4.79 Å². The van der Waals surface area contributed by atoms with Crippen LogP contribution in [0, 0.1) is 0 Å². The number of aliphatic carboxylic acids is 1. The number of morpholine rings is 1. The maximum atomic E-state index is 12.6. The molecule has 1 saturated carbocycles. The van der Waals surface area contributed by atoms with Gasteiger partial charge in [-0.2, -0.15) is 0 Å². The molecule has 6 heteroatoms. The van der Waals surface area contributed by atoms with Crippen LogP contribution >= 0.6 is 0 Å². The lowest BCUT2D eigenvalue weighted by atomic mass is 9.90. The van der Waals surface area contributed by atoms with Gasteiger partial charge in [-0.25, -0.2) is 9.59 Å². The number of rotatable bonds is 2. The molecule has 0 radical (unpaired) electrons. The number of carbonyl (C=O) groups excluding carboxylic acids is 1. The Kier molecular flexibility index (Phi) is 4.22. The normalized spacial score (nSPS) is 26.9. The second-order valence-electron chi connectivity index (χ2n) is 6.16. The minimum absolute atomic E-state index is 0.0945. The molecule has 1 heterocycles. The Morgan fingerprint density at radius 1 is 1.30 bits per heavy atom. The first-order valence-corrected chi connectivity index (χ1v) is 7.25. The Morgan fingerprint density at radius 3 is 2.60 bits per heavy atom. The van der Waals surface area contributed by atoms with Crippen LogP contribution in [0.2, 0.25) is 0 Å². The smallest absolute Gasteiger partial charge is 0.329 e. The number of nitrogens with zero attached hydrogens (tertiary/aromatic N) is 2. The van der Waals surface area contributed by atoms with Gasteiger partial charge < -0.3 is 19.6 Å². The van der Waals surface area contributed by atoms with Crippen LogP contribution in [0.5, 0.6) is 0 Å². The van der Waals surface area contributed by atoms with Gasteiger partial charge in [0.1, 0.15) is 5.54 Å². The van der Waals surface area contributed by atoms with E-state index < -0.39 is 11.5 Å². The van der Waals surface area contributed by atoms with Crippen molar-refractivity contribution in [3.05, 3.63) is 0 Å². The highest BCUT2D eigenvalue weighted by Crippen LogP contribution is 2.30. The molecule has 2 fully saturated rings. The predicted molar refractivity (Wildman–Crippen MR) is 73.6 cm³/mol. The van der Waals surface area contributed by atoms with Crippen LogP contribution in [-0.2, 0) is 9.53 Å². The van der Waals surface area contributed by atoms with Gasteiger partial charge in [0.05, 0.1) is 18.8 Å². The quantitative estimate of drug-likeness (QED) is 0.835. The molecule has 2 atom stereocenters. The summed E-state index contributed by atoms with van der Waals surface area (Å²) in [5, 5.41) is 9.25. The van der Waals surface area contributed by atoms with E-state index in [9.17, 15) is 14.7 Å². The summed E-state index contributed by atoms with van der Waals surface area (Å²) in [4.78, 5) is 27.1. The predicted octanol–water partition coefficient (Wildman–Crippen LogP) is 1.54. The van der Waals surface area contributed by atoms with Crippen LogP contribution in [0.25, 0.3) is 0 Å². The van der Waals surface area contributed by atoms with E-state index in [-0.39, 0.29) is 18.2 Å². The number of carboxylic acid groups (broad SMARTS) is 1. The van der Waals surface area contributed by atoms with Gasteiger partial charge in [-0.15, -0.1) is 0 Å². The van der Waals surface area contributed by atoms with E-state index in [2.05, 4.69) is 0 Å². The highest BCUT2D eigenvalue weighted by Gasteiger charge is 2.42. The van der Waals surface area contributed by atoms with E-state index in [0.717, 1.165) is 25.7 Å². The third kappa shape index (κ3) is 2.61. The van der Waals surface area contributed by atoms with Crippen molar-refractivity contribution in [2.75, 3.05) is 20.2 Å². The lowest BCUT2D eigenvalue weighted by molar-refractivity contribution is -0.147. The molecule has 6 nitrogen and oxygen atoms in total. The first kappa shape index (κ1) is 15.1. The third-order valence-corrected chi connectivity index (χ3v) is 4.63. The third-order valence-electron chi connectivity index (χ3n) is 4.63. The highest BCUT2D eigenvalue weighted by molar-refractivity contribution is 5.85. The van der Waals surface area contributed by atoms with Crippen molar-refractivity contribution >= 4 is 12.0 Å². The monoisotopic (exact) mass is 284 g/mol. The standard InChI is InChI=1S/C14H24N2O4/c1-14(2,12(17)18)15(3)13(19)16-8-9-20-11-7-5-4-6-10(11)16/h10-11H,4-9H2,1-3H3,(H,17,18). The highest BCUT2D eigenvalue weighted by atomic mass is 16.5. The van der Waals surface area contributed by atoms with E-state index in [4.69, 9.17) is 4.74 Å². The summed E-state index contributed by atoms with van der Waals surface area (Å²) in [6.07, 6.45) is 4.28. The van der Waals surface area contributed by atoms with E-state index >= 15 is 0 Å². The van der Waals surface area contributed by atoms with Gasteiger partial charge in [0.25, 0.3) is 0 Å². The summed E-state index contributed by atoms with van der Waals surface area (Å²) in [5.41, 5.74) is -1.21. The Morgan fingerprint density at radius 2 is 1.95 bits per heavy atom. The number of carboxylic acids is 1. The average Bonchev–Trinajstić information content (AvgIpc) is 2.44. The number of amides is 2. The van der Waals surface area contributed by atoms with Crippen molar-refractivity contribution in [1.29, 1.82) is 0 Å². The van der Waals surface area contributed by atoms with E-state index in [1.54, 1.807) is 25.8 Å². The molecule has 20 heavy (non-hydrogen) atoms. The molecule has 2 amide bonds. The van der Waals surface area contributed by atoms with Gasteiger partial charge in [-0.05, 0) is 26.7 Å². The minimum atomic E-state index is -1.21. The minimum Gasteiger partial charge on any atom is -0.480 e. The Bertz CT molecular complexity index is 395. The molecule has 114 valence electrons. The molecule has 0 spiro atoms. The average molecular weight is 284 g/mol. The fourth-order valence-electron chi connectivity index (χ4n) is 2.91. The SMILES string of the molecule is CN(C(=O)N1CCOC2CCCCC21)C(C)(C)C(=O)O. The second kappa shape index (κ2) is 5.60. The summed E-state index contributed by atoms with van der Waals surface area (Å²) in [5.74, 6) is -0.998. The largest absolute Gasteiger partial charge is 0.480 e. The van der Waals surface area contributed by atoms with Gasteiger partial charge >= 0.3 is 12.0 Å². The summed E-state index contributed by atoms with van der Waals surface area (Å²) >= 11 is 0. The molecular formula is C14H24N2O4.